The van der Waals surface area contributed by atoms with E-state index >= 15 is 0 Å². The molecule has 2 aromatic rings. The second kappa shape index (κ2) is 6.51. The largest absolute Gasteiger partial charge is 0.348 e. The Balaban J connectivity index is 2.11. The van der Waals surface area contributed by atoms with Crippen molar-refractivity contribution >= 4 is 23.2 Å². The standard InChI is InChI=1S/C14H12ClF2N3O/c15-9-2-4-13(20-18)10(6-9)14(21)19-7-8-1-3-11(16)12(17)5-8/h1-6,20H,7,18H2,(H,19,21). The van der Waals surface area contributed by atoms with Gasteiger partial charge in [0.1, 0.15) is 0 Å². The summed E-state index contributed by atoms with van der Waals surface area (Å²) in [7, 11) is 0. The van der Waals surface area contributed by atoms with Gasteiger partial charge in [-0.15, -0.1) is 0 Å². The number of hydrogen-bond donors (Lipinski definition) is 3. The summed E-state index contributed by atoms with van der Waals surface area (Å²) < 4.78 is 25.9. The van der Waals surface area contributed by atoms with Gasteiger partial charge < -0.3 is 10.7 Å². The minimum Gasteiger partial charge on any atom is -0.348 e. The quantitative estimate of drug-likeness (QED) is 0.601. The lowest BCUT2D eigenvalue weighted by atomic mass is 10.1. The zero-order valence-electron chi connectivity index (χ0n) is 10.8. The number of nitrogen functional groups attached to an aromatic ring is 1. The molecule has 0 unspecified atom stereocenters. The maximum atomic E-state index is 13.1. The number of benzene rings is 2. The number of carbonyl (C=O) groups excluding carboxylic acids is 1. The molecule has 0 spiro atoms. The number of halogens is 3. The van der Waals surface area contributed by atoms with Gasteiger partial charge in [-0.1, -0.05) is 17.7 Å². The number of amides is 1. The van der Waals surface area contributed by atoms with Gasteiger partial charge in [-0.3, -0.25) is 10.6 Å². The molecule has 0 heterocycles. The Hall–Kier alpha value is -2.18. The van der Waals surface area contributed by atoms with Crippen molar-refractivity contribution in [2.75, 3.05) is 5.43 Å². The summed E-state index contributed by atoms with van der Waals surface area (Å²) in [5, 5.41) is 2.96. The molecule has 2 rings (SSSR count). The van der Waals surface area contributed by atoms with E-state index in [9.17, 15) is 13.6 Å². The van der Waals surface area contributed by atoms with E-state index in [-0.39, 0.29) is 12.1 Å². The van der Waals surface area contributed by atoms with Crippen molar-refractivity contribution in [1.29, 1.82) is 0 Å². The molecule has 4 nitrogen and oxygen atoms in total. The SMILES string of the molecule is NNc1ccc(Cl)cc1C(=O)NCc1ccc(F)c(F)c1. The van der Waals surface area contributed by atoms with E-state index in [1.54, 1.807) is 12.1 Å². The summed E-state index contributed by atoms with van der Waals surface area (Å²) in [5.41, 5.74) is 3.49. The lowest BCUT2D eigenvalue weighted by Gasteiger charge is -2.10. The number of hydrazine groups is 1. The van der Waals surface area contributed by atoms with Crippen LogP contribution in [-0.2, 0) is 6.54 Å². The zero-order valence-corrected chi connectivity index (χ0v) is 11.5. The first-order chi connectivity index (χ1) is 10.0. The van der Waals surface area contributed by atoms with Crippen molar-refractivity contribution in [3.8, 4) is 0 Å². The van der Waals surface area contributed by atoms with E-state index in [0.29, 0.717) is 16.3 Å². The molecular formula is C14H12ClF2N3O. The Kier molecular flexibility index (Phi) is 4.72. The van der Waals surface area contributed by atoms with Crippen LogP contribution in [0.4, 0.5) is 14.5 Å². The minimum absolute atomic E-state index is 0.0482. The van der Waals surface area contributed by atoms with Gasteiger partial charge in [-0.25, -0.2) is 8.78 Å². The van der Waals surface area contributed by atoms with E-state index in [1.165, 1.54) is 12.1 Å². The van der Waals surface area contributed by atoms with Crippen LogP contribution in [0.1, 0.15) is 15.9 Å². The van der Waals surface area contributed by atoms with Gasteiger partial charge in [-0.2, -0.15) is 0 Å². The summed E-state index contributed by atoms with van der Waals surface area (Å²) >= 11 is 5.83. The molecule has 0 aromatic heterocycles. The number of nitrogens with one attached hydrogen (secondary N) is 2. The second-order valence-corrected chi connectivity index (χ2v) is 4.70. The Morgan fingerprint density at radius 1 is 1.14 bits per heavy atom. The zero-order chi connectivity index (χ0) is 15.4. The molecule has 2 aromatic carbocycles. The van der Waals surface area contributed by atoms with Crippen molar-refractivity contribution in [2.45, 2.75) is 6.54 Å². The summed E-state index contributed by atoms with van der Waals surface area (Å²) in [5.74, 6) is 2.98. The number of anilines is 1. The highest BCUT2D eigenvalue weighted by atomic mass is 35.5. The van der Waals surface area contributed by atoms with Crippen LogP contribution in [0, 0.1) is 11.6 Å². The van der Waals surface area contributed by atoms with E-state index in [2.05, 4.69) is 10.7 Å². The maximum Gasteiger partial charge on any atom is 0.253 e. The van der Waals surface area contributed by atoms with Crippen LogP contribution in [0.3, 0.4) is 0 Å². The first kappa shape index (κ1) is 15.2. The molecule has 0 atom stereocenters. The fourth-order valence-electron chi connectivity index (χ4n) is 1.76. The van der Waals surface area contributed by atoms with Crippen molar-refractivity contribution in [1.82, 2.24) is 5.32 Å². The van der Waals surface area contributed by atoms with Crippen LogP contribution in [0.2, 0.25) is 5.02 Å². The molecule has 0 aliphatic rings. The summed E-state index contributed by atoms with van der Waals surface area (Å²) in [6.45, 7) is 0.0482. The molecule has 1 amide bonds. The minimum atomic E-state index is -0.964. The van der Waals surface area contributed by atoms with Gasteiger partial charge in [0.15, 0.2) is 11.6 Å². The predicted octanol–water partition coefficient (Wildman–Crippen LogP) is 2.83. The van der Waals surface area contributed by atoms with E-state index in [0.717, 1.165) is 12.1 Å². The molecule has 0 radical (unpaired) electrons. The van der Waals surface area contributed by atoms with E-state index in [1.807, 2.05) is 0 Å². The molecule has 0 saturated carbocycles. The third-order valence-corrected chi connectivity index (χ3v) is 3.05. The van der Waals surface area contributed by atoms with Crippen molar-refractivity contribution in [3.63, 3.8) is 0 Å². The lowest BCUT2D eigenvalue weighted by Crippen LogP contribution is -2.25. The highest BCUT2D eigenvalue weighted by Crippen LogP contribution is 2.20. The molecular weight excluding hydrogens is 300 g/mol. The molecule has 7 heteroatoms. The van der Waals surface area contributed by atoms with Crippen molar-refractivity contribution < 1.29 is 13.6 Å². The highest BCUT2D eigenvalue weighted by Gasteiger charge is 2.12. The topological polar surface area (TPSA) is 67.1 Å². The third-order valence-electron chi connectivity index (χ3n) is 2.82. The predicted molar refractivity (Wildman–Crippen MR) is 76.8 cm³/mol. The van der Waals surface area contributed by atoms with E-state index in [4.69, 9.17) is 17.4 Å². The monoisotopic (exact) mass is 311 g/mol. The summed E-state index contributed by atoms with van der Waals surface area (Å²) in [4.78, 5) is 12.1. The molecule has 110 valence electrons. The van der Waals surface area contributed by atoms with Crippen molar-refractivity contribution in [2.24, 2.45) is 5.84 Å². The van der Waals surface area contributed by atoms with Crippen LogP contribution >= 0.6 is 11.6 Å². The first-order valence-electron chi connectivity index (χ1n) is 5.99. The normalized spacial score (nSPS) is 10.3. The summed E-state index contributed by atoms with van der Waals surface area (Å²) in [6, 6.07) is 8.02. The average Bonchev–Trinajstić information content (AvgIpc) is 2.48. The van der Waals surface area contributed by atoms with E-state index < -0.39 is 17.5 Å². The third kappa shape index (κ3) is 3.68. The van der Waals surface area contributed by atoms with Gasteiger partial charge in [0, 0.05) is 11.6 Å². The van der Waals surface area contributed by atoms with Crippen LogP contribution in [0.25, 0.3) is 0 Å². The van der Waals surface area contributed by atoms with Crippen LogP contribution in [0.5, 0.6) is 0 Å². The first-order valence-corrected chi connectivity index (χ1v) is 6.37. The number of rotatable bonds is 4. The second-order valence-electron chi connectivity index (χ2n) is 4.27. The average molecular weight is 312 g/mol. The highest BCUT2D eigenvalue weighted by molar-refractivity contribution is 6.31. The molecule has 0 bridgehead atoms. The van der Waals surface area contributed by atoms with Gasteiger partial charge in [0.05, 0.1) is 11.3 Å². The Morgan fingerprint density at radius 2 is 1.90 bits per heavy atom. The Labute approximate surface area is 124 Å². The molecule has 21 heavy (non-hydrogen) atoms. The van der Waals surface area contributed by atoms with Gasteiger partial charge in [0.2, 0.25) is 0 Å². The number of carbonyl (C=O) groups is 1. The lowest BCUT2D eigenvalue weighted by molar-refractivity contribution is 0.0951. The Morgan fingerprint density at radius 3 is 2.57 bits per heavy atom. The fraction of sp³-hybridized carbons (Fsp3) is 0.0714. The maximum absolute atomic E-state index is 13.1. The molecule has 0 saturated heterocycles. The van der Waals surface area contributed by atoms with Crippen LogP contribution < -0.4 is 16.6 Å². The molecule has 0 aliphatic heterocycles. The smallest absolute Gasteiger partial charge is 0.253 e. The molecule has 0 aliphatic carbocycles. The van der Waals surface area contributed by atoms with Crippen molar-refractivity contribution in [3.05, 3.63) is 64.2 Å². The fourth-order valence-corrected chi connectivity index (χ4v) is 1.93. The molecule has 4 N–H and O–H groups in total. The number of hydrogen-bond acceptors (Lipinski definition) is 3. The number of nitrogens with two attached hydrogens (primary N) is 1. The van der Waals surface area contributed by atoms with Gasteiger partial charge in [-0.05, 0) is 35.9 Å². The summed E-state index contributed by atoms with van der Waals surface area (Å²) in [6.07, 6.45) is 0. The van der Waals surface area contributed by atoms with Crippen LogP contribution in [0.15, 0.2) is 36.4 Å². The van der Waals surface area contributed by atoms with Gasteiger partial charge in [0.25, 0.3) is 5.91 Å². The van der Waals surface area contributed by atoms with Crippen LogP contribution in [-0.4, -0.2) is 5.91 Å². The molecule has 0 fully saturated rings. The Bertz CT molecular complexity index is 679. The van der Waals surface area contributed by atoms with Gasteiger partial charge >= 0.3 is 0 Å².